The highest BCUT2D eigenvalue weighted by Gasteiger charge is 2.54. The molecule has 1 aliphatic heterocycles. The number of carboxylic acid groups (broad SMARTS) is 1. The largest absolute Gasteiger partial charge is 0.480 e. The number of carbonyl (C=O) groups excluding carboxylic acids is 1. The van der Waals surface area contributed by atoms with Crippen LogP contribution in [-0.4, -0.2) is 40.4 Å². The summed E-state index contributed by atoms with van der Waals surface area (Å²) in [4.78, 5) is 21.9. The normalized spacial score (nSPS) is 26.1. The molecule has 13 heavy (non-hydrogen) atoms. The van der Waals surface area contributed by atoms with Gasteiger partial charge in [0, 0.05) is 19.9 Å². The minimum Gasteiger partial charge on any atom is -0.480 e. The minimum atomic E-state index is -3.31. The Morgan fingerprint density at radius 1 is 1.54 bits per heavy atom. The van der Waals surface area contributed by atoms with Crippen LogP contribution in [0, 0.1) is 0 Å². The van der Waals surface area contributed by atoms with Gasteiger partial charge in [-0.05, 0) is 0 Å². The molecule has 1 amide bonds. The van der Waals surface area contributed by atoms with Crippen molar-refractivity contribution in [2.24, 2.45) is 0 Å². The number of amides is 1. The van der Waals surface area contributed by atoms with E-state index in [1.807, 2.05) is 0 Å². The zero-order valence-corrected chi connectivity index (χ0v) is 6.96. The summed E-state index contributed by atoms with van der Waals surface area (Å²) in [5, 5.41) is 8.49. The lowest BCUT2D eigenvalue weighted by Gasteiger charge is -2.22. The summed E-state index contributed by atoms with van der Waals surface area (Å²) in [6, 6.07) is -2.00. The van der Waals surface area contributed by atoms with Gasteiger partial charge in [-0.1, -0.05) is 0 Å². The number of halogens is 2. The molecule has 1 heterocycles. The smallest absolute Gasteiger partial charge is 0.332 e. The summed E-state index contributed by atoms with van der Waals surface area (Å²) in [5.41, 5.74) is 0. The zero-order valence-electron chi connectivity index (χ0n) is 6.96. The first-order valence-electron chi connectivity index (χ1n) is 3.74. The SMILES string of the molecule is CC(=O)N1CCC(F)(F)C1C(=O)O. The molecule has 0 spiro atoms. The van der Waals surface area contributed by atoms with Crippen LogP contribution >= 0.6 is 0 Å². The summed E-state index contributed by atoms with van der Waals surface area (Å²) in [6.45, 7) is 0.886. The first-order valence-corrected chi connectivity index (χ1v) is 3.74. The molecule has 0 aromatic carbocycles. The van der Waals surface area contributed by atoms with Gasteiger partial charge in [0.2, 0.25) is 5.91 Å². The van der Waals surface area contributed by atoms with Crippen molar-refractivity contribution in [3.8, 4) is 0 Å². The van der Waals surface area contributed by atoms with Gasteiger partial charge < -0.3 is 10.0 Å². The summed E-state index contributed by atoms with van der Waals surface area (Å²) < 4.78 is 25.8. The predicted molar refractivity (Wildman–Crippen MR) is 38.4 cm³/mol. The van der Waals surface area contributed by atoms with Crippen molar-refractivity contribution in [1.29, 1.82) is 0 Å². The number of carboxylic acids is 1. The molecule has 1 aliphatic rings. The Hall–Kier alpha value is -1.20. The standard InChI is InChI=1S/C7H9F2NO3/c1-4(11)10-3-2-7(8,9)5(10)6(12)13/h5H,2-3H2,1H3,(H,12,13). The highest BCUT2D eigenvalue weighted by molar-refractivity contribution is 5.84. The van der Waals surface area contributed by atoms with E-state index in [1.54, 1.807) is 0 Å². The molecule has 74 valence electrons. The van der Waals surface area contributed by atoms with Crippen LogP contribution in [0.1, 0.15) is 13.3 Å². The molecule has 0 radical (unpaired) electrons. The number of hydrogen-bond acceptors (Lipinski definition) is 2. The Bertz CT molecular complexity index is 254. The second-order valence-electron chi connectivity index (χ2n) is 2.96. The van der Waals surface area contributed by atoms with Gasteiger partial charge in [-0.3, -0.25) is 4.79 Å². The number of aliphatic carboxylic acids is 1. The third-order valence-corrected chi connectivity index (χ3v) is 2.04. The number of alkyl halides is 2. The van der Waals surface area contributed by atoms with Crippen molar-refractivity contribution in [3.63, 3.8) is 0 Å². The van der Waals surface area contributed by atoms with Crippen molar-refractivity contribution in [3.05, 3.63) is 0 Å². The number of likely N-dealkylation sites (tertiary alicyclic amines) is 1. The molecule has 1 N–H and O–H groups in total. The molecule has 1 atom stereocenters. The maximum absolute atomic E-state index is 12.9. The summed E-state index contributed by atoms with van der Waals surface area (Å²) in [5.74, 6) is -5.60. The van der Waals surface area contributed by atoms with Gasteiger partial charge in [0.15, 0.2) is 6.04 Å². The predicted octanol–water partition coefficient (Wildman–Crippen LogP) is 0.327. The number of hydrogen-bond donors (Lipinski definition) is 1. The average molecular weight is 193 g/mol. The molecule has 1 fully saturated rings. The van der Waals surface area contributed by atoms with Crippen LogP contribution in [0.5, 0.6) is 0 Å². The maximum atomic E-state index is 12.9. The summed E-state index contributed by atoms with van der Waals surface area (Å²) in [6.07, 6.45) is -0.580. The molecular weight excluding hydrogens is 184 g/mol. The molecule has 1 rings (SSSR count). The first kappa shape index (κ1) is 9.88. The second-order valence-corrected chi connectivity index (χ2v) is 2.96. The molecular formula is C7H9F2NO3. The van der Waals surface area contributed by atoms with Crippen molar-refractivity contribution >= 4 is 11.9 Å². The molecule has 1 saturated heterocycles. The lowest BCUT2D eigenvalue weighted by Crippen LogP contribution is -2.47. The summed E-state index contributed by atoms with van der Waals surface area (Å²) >= 11 is 0. The van der Waals surface area contributed by atoms with Gasteiger partial charge in [-0.2, -0.15) is 0 Å². The van der Waals surface area contributed by atoms with E-state index < -0.39 is 30.3 Å². The third kappa shape index (κ3) is 1.61. The highest BCUT2D eigenvalue weighted by atomic mass is 19.3. The van der Waals surface area contributed by atoms with Crippen molar-refractivity contribution in [1.82, 2.24) is 4.90 Å². The molecule has 0 aliphatic carbocycles. The lowest BCUT2D eigenvalue weighted by molar-refractivity contribution is -0.157. The molecule has 6 heteroatoms. The third-order valence-electron chi connectivity index (χ3n) is 2.04. The number of nitrogens with zero attached hydrogens (tertiary/aromatic N) is 1. The number of carbonyl (C=O) groups is 2. The average Bonchev–Trinajstić information content (AvgIpc) is 2.24. The Morgan fingerprint density at radius 3 is 2.38 bits per heavy atom. The monoisotopic (exact) mass is 193 g/mol. The van der Waals surface area contributed by atoms with Crippen LogP contribution < -0.4 is 0 Å². The second kappa shape index (κ2) is 2.93. The maximum Gasteiger partial charge on any atom is 0.332 e. The van der Waals surface area contributed by atoms with Crippen LogP contribution in [0.15, 0.2) is 0 Å². The molecule has 0 bridgehead atoms. The van der Waals surface area contributed by atoms with Gasteiger partial charge in [0.1, 0.15) is 0 Å². The Morgan fingerprint density at radius 2 is 2.08 bits per heavy atom. The van der Waals surface area contributed by atoms with Gasteiger partial charge >= 0.3 is 5.97 Å². The van der Waals surface area contributed by atoms with Crippen LogP contribution in [0.2, 0.25) is 0 Å². The van der Waals surface area contributed by atoms with E-state index >= 15 is 0 Å². The fourth-order valence-electron chi connectivity index (χ4n) is 1.42. The van der Waals surface area contributed by atoms with Crippen molar-refractivity contribution in [2.75, 3.05) is 6.54 Å². The Labute approximate surface area is 73.1 Å². The fraction of sp³-hybridized carbons (Fsp3) is 0.714. The van der Waals surface area contributed by atoms with E-state index in [4.69, 9.17) is 5.11 Å². The van der Waals surface area contributed by atoms with E-state index in [0.29, 0.717) is 4.90 Å². The van der Waals surface area contributed by atoms with E-state index in [9.17, 15) is 18.4 Å². The van der Waals surface area contributed by atoms with Gasteiger partial charge in [-0.15, -0.1) is 0 Å². The van der Waals surface area contributed by atoms with E-state index in [0.717, 1.165) is 6.92 Å². The Balaban J connectivity index is 2.92. The van der Waals surface area contributed by atoms with E-state index in [2.05, 4.69) is 0 Å². The van der Waals surface area contributed by atoms with Gasteiger partial charge in [-0.25, -0.2) is 13.6 Å². The van der Waals surface area contributed by atoms with Crippen LogP contribution in [0.3, 0.4) is 0 Å². The number of rotatable bonds is 1. The molecule has 0 saturated carbocycles. The quantitative estimate of drug-likeness (QED) is 0.652. The van der Waals surface area contributed by atoms with E-state index in [-0.39, 0.29) is 6.54 Å². The topological polar surface area (TPSA) is 57.6 Å². The molecule has 0 aromatic heterocycles. The van der Waals surface area contributed by atoms with Crippen LogP contribution in [0.25, 0.3) is 0 Å². The summed E-state index contributed by atoms with van der Waals surface area (Å²) in [7, 11) is 0. The van der Waals surface area contributed by atoms with Crippen molar-refractivity contribution in [2.45, 2.75) is 25.3 Å². The van der Waals surface area contributed by atoms with E-state index in [1.165, 1.54) is 0 Å². The molecule has 1 unspecified atom stereocenters. The molecule has 4 nitrogen and oxygen atoms in total. The molecule has 0 aromatic rings. The zero-order chi connectivity index (χ0) is 10.2. The fourth-order valence-corrected chi connectivity index (χ4v) is 1.42. The van der Waals surface area contributed by atoms with Crippen LogP contribution in [-0.2, 0) is 9.59 Å². The van der Waals surface area contributed by atoms with Crippen molar-refractivity contribution < 1.29 is 23.5 Å². The highest BCUT2D eigenvalue weighted by Crippen LogP contribution is 2.33. The van der Waals surface area contributed by atoms with Gasteiger partial charge in [0.25, 0.3) is 5.92 Å². The lowest BCUT2D eigenvalue weighted by atomic mass is 10.1. The first-order chi connectivity index (χ1) is 5.86. The van der Waals surface area contributed by atoms with Gasteiger partial charge in [0.05, 0.1) is 0 Å². The Kier molecular flexibility index (Phi) is 2.23. The minimum absolute atomic E-state index is 0.195. The van der Waals surface area contributed by atoms with Crippen LogP contribution in [0.4, 0.5) is 8.78 Å².